The molecule has 7 heteroatoms. The zero-order valence-corrected chi connectivity index (χ0v) is 17.7. The first-order valence-corrected chi connectivity index (χ1v) is 10.1. The van der Waals surface area contributed by atoms with Crippen LogP contribution in [0.4, 0.5) is 0 Å². The first kappa shape index (κ1) is 22.4. The van der Waals surface area contributed by atoms with Crippen molar-refractivity contribution in [3.05, 3.63) is 29.3 Å². The van der Waals surface area contributed by atoms with Crippen LogP contribution >= 0.6 is 0 Å². The summed E-state index contributed by atoms with van der Waals surface area (Å²) < 4.78 is 22.8. The molecule has 0 fully saturated rings. The number of aryl methyl sites for hydroxylation is 1. The van der Waals surface area contributed by atoms with Crippen molar-refractivity contribution >= 4 is 16.8 Å². The van der Waals surface area contributed by atoms with Gasteiger partial charge in [0.1, 0.15) is 12.4 Å². The van der Waals surface area contributed by atoms with Gasteiger partial charge in [0.15, 0.2) is 5.96 Å². The summed E-state index contributed by atoms with van der Waals surface area (Å²) in [5.74, 6) is 2.11. The molecule has 1 aromatic rings. The van der Waals surface area contributed by atoms with Gasteiger partial charge in [0, 0.05) is 54.1 Å². The summed E-state index contributed by atoms with van der Waals surface area (Å²) in [6.45, 7) is 10.2. The van der Waals surface area contributed by atoms with E-state index in [0.717, 1.165) is 16.9 Å². The molecule has 0 bridgehead atoms. The highest BCUT2D eigenvalue weighted by molar-refractivity contribution is 7.86. The molecule has 0 aliphatic heterocycles. The van der Waals surface area contributed by atoms with Crippen molar-refractivity contribution in [2.75, 3.05) is 39.7 Å². The van der Waals surface area contributed by atoms with Crippen molar-refractivity contribution in [2.24, 2.45) is 4.99 Å². The van der Waals surface area contributed by atoms with E-state index in [0.29, 0.717) is 38.0 Å². The van der Waals surface area contributed by atoms with Gasteiger partial charge < -0.3 is 20.1 Å². The molecular formula is C19H33N3O3S. The molecule has 0 saturated carbocycles. The Morgan fingerprint density at radius 3 is 2.58 bits per heavy atom. The van der Waals surface area contributed by atoms with Gasteiger partial charge in [0.05, 0.1) is 6.61 Å². The quantitative estimate of drug-likeness (QED) is 0.389. The van der Waals surface area contributed by atoms with Gasteiger partial charge in [-0.15, -0.1) is 0 Å². The third-order valence-corrected chi connectivity index (χ3v) is 5.64. The van der Waals surface area contributed by atoms with Crippen LogP contribution in [0.1, 0.15) is 31.9 Å². The first-order chi connectivity index (χ1) is 12.3. The summed E-state index contributed by atoms with van der Waals surface area (Å²) in [5, 5.41) is 6.49. The minimum atomic E-state index is -0.884. The Labute approximate surface area is 160 Å². The summed E-state index contributed by atoms with van der Waals surface area (Å²) in [4.78, 5) is 4.22. The minimum Gasteiger partial charge on any atom is -0.491 e. The van der Waals surface area contributed by atoms with E-state index in [4.69, 9.17) is 9.47 Å². The SMILES string of the molecule is CN=C(NCCS(=O)C(C)(C)C)NCc1ccc(C)cc1OCCOC. The van der Waals surface area contributed by atoms with E-state index >= 15 is 0 Å². The van der Waals surface area contributed by atoms with E-state index < -0.39 is 10.8 Å². The number of hydrogen-bond donors (Lipinski definition) is 2. The number of rotatable bonds is 9. The van der Waals surface area contributed by atoms with Crippen LogP contribution in [-0.4, -0.2) is 54.6 Å². The average Bonchev–Trinajstić information content (AvgIpc) is 2.58. The number of nitrogens with zero attached hydrogens (tertiary/aromatic N) is 1. The Balaban J connectivity index is 2.56. The number of methoxy groups -OCH3 is 1. The van der Waals surface area contributed by atoms with Crippen molar-refractivity contribution in [1.82, 2.24) is 10.6 Å². The Bertz CT molecular complexity index is 613. The van der Waals surface area contributed by atoms with E-state index in [1.165, 1.54) is 0 Å². The Morgan fingerprint density at radius 2 is 1.96 bits per heavy atom. The van der Waals surface area contributed by atoms with E-state index in [9.17, 15) is 4.21 Å². The van der Waals surface area contributed by atoms with Gasteiger partial charge in [0.2, 0.25) is 0 Å². The lowest BCUT2D eigenvalue weighted by atomic mass is 10.1. The predicted molar refractivity (Wildman–Crippen MR) is 110 cm³/mol. The summed E-state index contributed by atoms with van der Waals surface area (Å²) in [7, 11) is 2.50. The van der Waals surface area contributed by atoms with E-state index in [1.807, 2.05) is 39.8 Å². The average molecular weight is 384 g/mol. The van der Waals surface area contributed by atoms with E-state index in [1.54, 1.807) is 14.2 Å². The van der Waals surface area contributed by atoms with E-state index in [-0.39, 0.29) is 4.75 Å². The summed E-state index contributed by atoms with van der Waals surface area (Å²) >= 11 is 0. The molecule has 1 atom stereocenters. The molecule has 0 aliphatic rings. The maximum absolute atomic E-state index is 12.1. The van der Waals surface area contributed by atoms with Crippen LogP contribution in [0.25, 0.3) is 0 Å². The fourth-order valence-corrected chi connectivity index (χ4v) is 3.04. The van der Waals surface area contributed by atoms with Crippen LogP contribution < -0.4 is 15.4 Å². The van der Waals surface area contributed by atoms with Crippen molar-refractivity contribution in [3.63, 3.8) is 0 Å². The van der Waals surface area contributed by atoms with Gasteiger partial charge in [0.25, 0.3) is 0 Å². The second kappa shape index (κ2) is 11.2. The largest absolute Gasteiger partial charge is 0.491 e. The van der Waals surface area contributed by atoms with Gasteiger partial charge in [-0.25, -0.2) is 0 Å². The highest BCUT2D eigenvalue weighted by Crippen LogP contribution is 2.20. The van der Waals surface area contributed by atoms with Gasteiger partial charge in [-0.1, -0.05) is 12.1 Å². The molecule has 1 unspecified atom stereocenters. The topological polar surface area (TPSA) is 72.0 Å². The molecule has 0 aliphatic carbocycles. The predicted octanol–water partition coefficient (Wildman–Crippen LogP) is 2.23. The number of hydrogen-bond acceptors (Lipinski definition) is 4. The fraction of sp³-hybridized carbons (Fsp3) is 0.632. The van der Waals surface area contributed by atoms with Crippen LogP contribution in [0.5, 0.6) is 5.75 Å². The van der Waals surface area contributed by atoms with Crippen molar-refractivity contribution in [1.29, 1.82) is 0 Å². The number of nitrogens with one attached hydrogen (secondary N) is 2. The molecule has 148 valence electrons. The molecule has 0 saturated heterocycles. The third-order valence-electron chi connectivity index (χ3n) is 3.70. The highest BCUT2D eigenvalue weighted by Gasteiger charge is 2.18. The Kier molecular flexibility index (Phi) is 9.65. The fourth-order valence-electron chi connectivity index (χ4n) is 2.15. The van der Waals surface area contributed by atoms with Gasteiger partial charge in [-0.3, -0.25) is 9.20 Å². The zero-order chi connectivity index (χ0) is 19.6. The van der Waals surface area contributed by atoms with Crippen LogP contribution in [0, 0.1) is 6.92 Å². The summed E-state index contributed by atoms with van der Waals surface area (Å²) in [5.41, 5.74) is 2.20. The zero-order valence-electron chi connectivity index (χ0n) is 16.8. The maximum Gasteiger partial charge on any atom is 0.191 e. The van der Waals surface area contributed by atoms with Gasteiger partial charge in [-0.05, 0) is 39.3 Å². The van der Waals surface area contributed by atoms with Crippen LogP contribution in [0.3, 0.4) is 0 Å². The molecule has 0 aromatic heterocycles. The van der Waals surface area contributed by atoms with Crippen LogP contribution in [0.2, 0.25) is 0 Å². The Hall–Kier alpha value is -1.60. The second-order valence-corrected chi connectivity index (χ2v) is 9.29. The molecule has 1 rings (SSSR count). The number of benzene rings is 1. The molecule has 0 spiro atoms. The van der Waals surface area contributed by atoms with Crippen LogP contribution in [-0.2, 0) is 22.1 Å². The molecule has 0 radical (unpaired) electrons. The summed E-state index contributed by atoms with van der Waals surface area (Å²) in [6.07, 6.45) is 0. The molecule has 2 N–H and O–H groups in total. The smallest absolute Gasteiger partial charge is 0.191 e. The van der Waals surface area contributed by atoms with Crippen LogP contribution in [0.15, 0.2) is 23.2 Å². The van der Waals surface area contributed by atoms with Gasteiger partial charge in [-0.2, -0.15) is 0 Å². The first-order valence-electron chi connectivity index (χ1n) is 8.82. The lowest BCUT2D eigenvalue weighted by Gasteiger charge is -2.19. The molecular weight excluding hydrogens is 350 g/mol. The molecule has 26 heavy (non-hydrogen) atoms. The van der Waals surface area contributed by atoms with Gasteiger partial charge >= 0.3 is 0 Å². The normalized spacial score (nSPS) is 13.4. The number of aliphatic imine (C=N–C) groups is 1. The summed E-state index contributed by atoms with van der Waals surface area (Å²) in [6, 6.07) is 6.13. The second-order valence-electron chi connectivity index (χ2n) is 6.97. The van der Waals surface area contributed by atoms with E-state index in [2.05, 4.69) is 21.7 Å². The van der Waals surface area contributed by atoms with Crippen molar-refractivity contribution < 1.29 is 13.7 Å². The molecule has 0 amide bonds. The number of guanidine groups is 1. The number of ether oxygens (including phenoxy) is 2. The molecule has 0 heterocycles. The monoisotopic (exact) mass is 383 g/mol. The molecule has 6 nitrogen and oxygen atoms in total. The Morgan fingerprint density at radius 1 is 1.23 bits per heavy atom. The minimum absolute atomic E-state index is 0.199. The lowest BCUT2D eigenvalue weighted by Crippen LogP contribution is -2.40. The molecule has 1 aromatic carbocycles. The lowest BCUT2D eigenvalue weighted by molar-refractivity contribution is 0.145. The highest BCUT2D eigenvalue weighted by atomic mass is 32.2. The maximum atomic E-state index is 12.1. The third kappa shape index (κ3) is 8.19. The standard InChI is InChI=1S/C19H33N3O3S/c1-15-7-8-16(17(13-15)25-11-10-24-6)14-22-18(20-5)21-9-12-26(23)19(2,3)4/h7-8,13H,9-12,14H2,1-6H3,(H2,20,21,22). The van der Waals surface area contributed by atoms with Crippen molar-refractivity contribution in [3.8, 4) is 5.75 Å². The van der Waals surface area contributed by atoms with Crippen molar-refractivity contribution in [2.45, 2.75) is 39.0 Å².